The van der Waals surface area contributed by atoms with Gasteiger partial charge in [0.15, 0.2) is 0 Å². The summed E-state index contributed by atoms with van der Waals surface area (Å²) in [5, 5.41) is 8.61. The zero-order chi connectivity index (χ0) is 19.9. The second-order valence-corrected chi connectivity index (χ2v) is 7.10. The molecule has 0 bridgehead atoms. The third-order valence-electron chi connectivity index (χ3n) is 5.06. The van der Waals surface area contributed by atoms with E-state index < -0.39 is 17.7 Å². The molecular weight excluding hydrogens is 357 g/mol. The number of alkyl halides is 3. The fourth-order valence-electron chi connectivity index (χ4n) is 3.59. The molecule has 2 unspecified atom stereocenters. The van der Waals surface area contributed by atoms with Crippen LogP contribution in [0.2, 0.25) is 0 Å². The fourth-order valence-corrected chi connectivity index (χ4v) is 3.59. The Balaban J connectivity index is 1.88. The van der Waals surface area contributed by atoms with Crippen LogP contribution in [0, 0.1) is 11.8 Å². The Labute approximate surface area is 157 Å². The summed E-state index contributed by atoms with van der Waals surface area (Å²) in [5.41, 5.74) is -0.193. The summed E-state index contributed by atoms with van der Waals surface area (Å²) in [6.45, 7) is 0. The summed E-state index contributed by atoms with van der Waals surface area (Å²) >= 11 is 0. The molecule has 1 fully saturated rings. The van der Waals surface area contributed by atoms with E-state index >= 15 is 0 Å². The van der Waals surface area contributed by atoms with Gasteiger partial charge in [-0.15, -0.1) is 0 Å². The van der Waals surface area contributed by atoms with Gasteiger partial charge in [-0.3, -0.25) is 9.59 Å². The van der Waals surface area contributed by atoms with E-state index in [9.17, 15) is 22.8 Å². The number of carbonyl (C=O) groups excluding carboxylic acids is 1. The van der Waals surface area contributed by atoms with E-state index in [2.05, 4.69) is 0 Å². The van der Waals surface area contributed by atoms with E-state index in [1.807, 2.05) is 6.08 Å². The topological polar surface area (TPSA) is 54.4 Å². The first-order valence-electron chi connectivity index (χ1n) is 9.37. The standard InChI is InChI=1S/C21H25F3O3/c22-21(23,24)17-7-5-6-15(14-17)10-11-16-12-13-19(25)18(16)8-3-1-2-4-9-20(26)27/h5-7,10-11,14,16,18H,1-4,8-9,12-13H2,(H,26,27). The molecule has 1 saturated carbocycles. The molecule has 1 aromatic carbocycles. The van der Waals surface area contributed by atoms with Crippen LogP contribution in [0.3, 0.4) is 0 Å². The van der Waals surface area contributed by atoms with Gasteiger partial charge >= 0.3 is 12.1 Å². The molecule has 0 aromatic heterocycles. The van der Waals surface area contributed by atoms with Crippen LogP contribution in [0.25, 0.3) is 6.08 Å². The highest BCUT2D eigenvalue weighted by Crippen LogP contribution is 2.35. The lowest BCUT2D eigenvalue weighted by atomic mass is 9.89. The van der Waals surface area contributed by atoms with E-state index in [4.69, 9.17) is 5.11 Å². The van der Waals surface area contributed by atoms with Crippen molar-refractivity contribution >= 4 is 17.8 Å². The van der Waals surface area contributed by atoms with Gasteiger partial charge in [-0.1, -0.05) is 43.5 Å². The van der Waals surface area contributed by atoms with Gasteiger partial charge < -0.3 is 5.11 Å². The number of aliphatic carboxylic acids is 1. The van der Waals surface area contributed by atoms with Gasteiger partial charge in [0.05, 0.1) is 5.56 Å². The molecule has 0 radical (unpaired) electrons. The van der Waals surface area contributed by atoms with Crippen molar-refractivity contribution in [3.05, 3.63) is 41.5 Å². The second-order valence-electron chi connectivity index (χ2n) is 7.10. The normalized spacial score (nSPS) is 20.5. The van der Waals surface area contributed by atoms with Crippen LogP contribution in [-0.2, 0) is 15.8 Å². The summed E-state index contributed by atoms with van der Waals surface area (Å²) in [5.74, 6) is -0.586. The number of carbonyl (C=O) groups is 2. The van der Waals surface area contributed by atoms with Crippen LogP contribution in [0.4, 0.5) is 13.2 Å². The van der Waals surface area contributed by atoms with Crippen molar-refractivity contribution in [3.63, 3.8) is 0 Å². The molecule has 27 heavy (non-hydrogen) atoms. The van der Waals surface area contributed by atoms with E-state index in [0.717, 1.165) is 44.2 Å². The van der Waals surface area contributed by atoms with Crippen LogP contribution in [0.5, 0.6) is 0 Å². The molecule has 1 aliphatic rings. The van der Waals surface area contributed by atoms with Crippen molar-refractivity contribution in [3.8, 4) is 0 Å². The minimum absolute atomic E-state index is 0.0612. The average Bonchev–Trinajstić information content (AvgIpc) is 2.95. The van der Waals surface area contributed by atoms with Crippen molar-refractivity contribution < 1.29 is 27.9 Å². The molecule has 0 heterocycles. The number of halogens is 3. The highest BCUT2D eigenvalue weighted by Gasteiger charge is 2.32. The highest BCUT2D eigenvalue weighted by atomic mass is 19.4. The predicted octanol–water partition coefficient (Wildman–Crippen LogP) is 5.74. The largest absolute Gasteiger partial charge is 0.481 e. The molecule has 2 rings (SSSR count). The summed E-state index contributed by atoms with van der Waals surface area (Å²) in [6, 6.07) is 5.17. The molecular formula is C21H25F3O3. The third kappa shape index (κ3) is 6.85. The summed E-state index contributed by atoms with van der Waals surface area (Å²) in [4.78, 5) is 22.6. The molecule has 0 aliphatic heterocycles. The maximum atomic E-state index is 12.8. The first kappa shape index (κ1) is 21.2. The summed E-state index contributed by atoms with van der Waals surface area (Å²) < 4.78 is 38.4. The molecule has 0 amide bonds. The van der Waals surface area contributed by atoms with E-state index in [-0.39, 0.29) is 24.0 Å². The number of hydrogen-bond acceptors (Lipinski definition) is 2. The van der Waals surface area contributed by atoms with Gasteiger partial charge in [0.25, 0.3) is 0 Å². The number of unbranched alkanes of at least 4 members (excludes halogenated alkanes) is 3. The molecule has 2 atom stereocenters. The number of Topliss-reactive ketones (excluding diaryl/α,β-unsaturated/α-hetero) is 1. The third-order valence-corrected chi connectivity index (χ3v) is 5.06. The van der Waals surface area contributed by atoms with Gasteiger partial charge in [-0.2, -0.15) is 13.2 Å². The Morgan fingerprint density at radius 2 is 1.93 bits per heavy atom. The number of allylic oxidation sites excluding steroid dienone is 1. The second kappa shape index (κ2) is 9.72. The average molecular weight is 382 g/mol. The van der Waals surface area contributed by atoms with Gasteiger partial charge in [0.1, 0.15) is 5.78 Å². The van der Waals surface area contributed by atoms with Gasteiger partial charge in [-0.05, 0) is 42.9 Å². The first-order valence-corrected chi connectivity index (χ1v) is 9.37. The Morgan fingerprint density at radius 3 is 2.63 bits per heavy atom. The molecule has 1 N–H and O–H groups in total. The van der Waals surface area contributed by atoms with E-state index in [1.165, 1.54) is 6.07 Å². The number of carboxylic acids is 1. The molecule has 0 spiro atoms. The fraction of sp³-hybridized carbons (Fsp3) is 0.524. The molecule has 1 aliphatic carbocycles. The Kier molecular flexibility index (Phi) is 7.63. The summed E-state index contributed by atoms with van der Waals surface area (Å²) in [7, 11) is 0. The maximum absolute atomic E-state index is 12.8. The smallest absolute Gasteiger partial charge is 0.416 e. The predicted molar refractivity (Wildman–Crippen MR) is 97.0 cm³/mol. The van der Waals surface area contributed by atoms with Crippen LogP contribution in [0.1, 0.15) is 62.5 Å². The Bertz CT molecular complexity index is 679. The number of ketones is 1. The minimum Gasteiger partial charge on any atom is -0.481 e. The van der Waals surface area contributed by atoms with Gasteiger partial charge in [0.2, 0.25) is 0 Å². The number of hydrogen-bond donors (Lipinski definition) is 1. The molecule has 3 nitrogen and oxygen atoms in total. The van der Waals surface area contributed by atoms with Crippen LogP contribution >= 0.6 is 0 Å². The lowest BCUT2D eigenvalue weighted by molar-refractivity contribution is -0.138. The van der Waals surface area contributed by atoms with Crippen molar-refractivity contribution in [1.82, 2.24) is 0 Å². The van der Waals surface area contributed by atoms with E-state index in [0.29, 0.717) is 18.4 Å². The lowest BCUT2D eigenvalue weighted by Crippen LogP contribution is -2.13. The number of carboxylic acid groups (broad SMARTS) is 1. The van der Waals surface area contributed by atoms with Crippen molar-refractivity contribution in [2.24, 2.45) is 11.8 Å². The molecule has 6 heteroatoms. The minimum atomic E-state index is -4.36. The van der Waals surface area contributed by atoms with Crippen LogP contribution in [0.15, 0.2) is 30.3 Å². The lowest BCUT2D eigenvalue weighted by Gasteiger charge is -2.15. The van der Waals surface area contributed by atoms with Gasteiger partial charge in [-0.25, -0.2) is 0 Å². The zero-order valence-corrected chi connectivity index (χ0v) is 15.2. The van der Waals surface area contributed by atoms with E-state index in [1.54, 1.807) is 12.1 Å². The monoisotopic (exact) mass is 382 g/mol. The van der Waals surface area contributed by atoms with Gasteiger partial charge in [0, 0.05) is 18.8 Å². The van der Waals surface area contributed by atoms with Crippen molar-refractivity contribution in [1.29, 1.82) is 0 Å². The maximum Gasteiger partial charge on any atom is 0.416 e. The van der Waals surface area contributed by atoms with Crippen molar-refractivity contribution in [2.75, 3.05) is 0 Å². The number of rotatable bonds is 9. The quantitative estimate of drug-likeness (QED) is 0.554. The molecule has 148 valence electrons. The Morgan fingerprint density at radius 1 is 1.19 bits per heavy atom. The first-order chi connectivity index (χ1) is 12.8. The van der Waals surface area contributed by atoms with Crippen molar-refractivity contribution in [2.45, 2.75) is 57.5 Å². The summed E-state index contributed by atoms with van der Waals surface area (Å²) in [6.07, 6.45) is 4.59. The molecule has 1 aromatic rings. The van der Waals surface area contributed by atoms with Crippen LogP contribution in [-0.4, -0.2) is 16.9 Å². The Hall–Kier alpha value is -2.11. The SMILES string of the molecule is O=C(O)CCCCCCC1C(=O)CCC1C=Cc1cccc(C(F)(F)F)c1. The number of benzene rings is 1. The molecule has 0 saturated heterocycles. The van der Waals surface area contributed by atoms with Crippen LogP contribution < -0.4 is 0 Å². The highest BCUT2D eigenvalue weighted by molar-refractivity contribution is 5.84. The zero-order valence-electron chi connectivity index (χ0n) is 15.2.